The molecule has 0 saturated carbocycles. The van der Waals surface area contributed by atoms with Crippen LogP contribution in [0.15, 0.2) is 45.8 Å². The van der Waals surface area contributed by atoms with Gasteiger partial charge >= 0.3 is 0 Å². The van der Waals surface area contributed by atoms with E-state index in [-0.39, 0.29) is 11.4 Å². The largest absolute Gasteiger partial charge is 0.493 e. The Balaban J connectivity index is 1.72. The maximum absolute atomic E-state index is 12.8. The van der Waals surface area contributed by atoms with Gasteiger partial charge in [0.25, 0.3) is 11.1 Å². The van der Waals surface area contributed by atoms with Crippen LogP contribution in [0.4, 0.5) is 10.5 Å². The summed E-state index contributed by atoms with van der Waals surface area (Å²) in [4.78, 5) is 38.7. The van der Waals surface area contributed by atoms with Crippen LogP contribution in [0.5, 0.6) is 11.5 Å². The first-order valence-electron chi connectivity index (χ1n) is 9.80. The number of benzene rings is 2. The van der Waals surface area contributed by atoms with Gasteiger partial charge in [-0.25, -0.2) is 0 Å². The zero-order valence-electron chi connectivity index (χ0n) is 18.1. The van der Waals surface area contributed by atoms with Crippen molar-refractivity contribution in [3.8, 4) is 11.5 Å². The van der Waals surface area contributed by atoms with E-state index >= 15 is 0 Å². The van der Waals surface area contributed by atoms with Crippen LogP contribution >= 0.6 is 27.7 Å². The lowest BCUT2D eigenvalue weighted by Crippen LogP contribution is -2.36. The number of hydrogen-bond donors (Lipinski definition) is 1. The highest BCUT2D eigenvalue weighted by atomic mass is 79.9. The summed E-state index contributed by atoms with van der Waals surface area (Å²) in [5.74, 6) is 0.426. The lowest BCUT2D eigenvalue weighted by Gasteiger charge is -2.13. The molecule has 1 aliphatic heterocycles. The molecule has 0 spiro atoms. The number of anilines is 1. The first-order chi connectivity index (χ1) is 15.2. The third-order valence-corrected chi connectivity index (χ3v) is 6.29. The summed E-state index contributed by atoms with van der Waals surface area (Å²) in [6.45, 7) is 3.81. The van der Waals surface area contributed by atoms with Crippen molar-refractivity contribution < 1.29 is 23.9 Å². The van der Waals surface area contributed by atoms with E-state index in [0.29, 0.717) is 33.1 Å². The van der Waals surface area contributed by atoms with E-state index in [2.05, 4.69) is 35.1 Å². The quantitative estimate of drug-likeness (QED) is 0.502. The Morgan fingerprint density at radius 2 is 1.84 bits per heavy atom. The molecule has 1 heterocycles. The van der Waals surface area contributed by atoms with E-state index < -0.39 is 17.1 Å². The van der Waals surface area contributed by atoms with E-state index in [1.165, 1.54) is 14.2 Å². The number of nitrogens with zero attached hydrogens (tertiary/aromatic N) is 1. The average molecular weight is 519 g/mol. The molecule has 2 aromatic carbocycles. The summed E-state index contributed by atoms with van der Waals surface area (Å²) in [6.07, 6.45) is 1.58. The first-order valence-corrected chi connectivity index (χ1v) is 11.4. The normalized spacial score (nSPS) is 14.9. The molecule has 1 fully saturated rings. The Hall–Kier alpha value is -2.78. The lowest BCUT2D eigenvalue weighted by molar-refractivity contribution is -0.127. The SMILES string of the molecule is COc1cc(/C=C2/SC(=O)N(CC(=O)Nc3ccc(C(C)C)cc3)C2=O)cc(Br)c1OC. The average Bonchev–Trinajstić information content (AvgIpc) is 3.00. The van der Waals surface area contributed by atoms with Gasteiger partial charge in [-0.3, -0.25) is 19.3 Å². The molecule has 0 aromatic heterocycles. The van der Waals surface area contributed by atoms with Crippen molar-refractivity contribution in [3.63, 3.8) is 0 Å². The van der Waals surface area contributed by atoms with Gasteiger partial charge in [-0.15, -0.1) is 0 Å². The summed E-state index contributed by atoms with van der Waals surface area (Å²) < 4.78 is 11.2. The fourth-order valence-corrected chi connectivity index (χ4v) is 4.56. The van der Waals surface area contributed by atoms with Crippen molar-refractivity contribution in [2.45, 2.75) is 19.8 Å². The predicted molar refractivity (Wildman–Crippen MR) is 129 cm³/mol. The Kier molecular flexibility index (Phi) is 7.63. The van der Waals surface area contributed by atoms with Gasteiger partial charge in [0.2, 0.25) is 5.91 Å². The van der Waals surface area contributed by atoms with Crippen molar-refractivity contribution in [1.29, 1.82) is 0 Å². The highest BCUT2D eigenvalue weighted by Gasteiger charge is 2.36. The molecule has 1 N–H and O–H groups in total. The number of amides is 3. The summed E-state index contributed by atoms with van der Waals surface area (Å²) in [5, 5.41) is 2.23. The second-order valence-corrected chi connectivity index (χ2v) is 9.18. The highest BCUT2D eigenvalue weighted by molar-refractivity contribution is 9.10. The zero-order valence-corrected chi connectivity index (χ0v) is 20.5. The Bertz CT molecular complexity index is 1080. The van der Waals surface area contributed by atoms with Crippen molar-refractivity contribution in [1.82, 2.24) is 4.90 Å². The number of halogens is 1. The Morgan fingerprint density at radius 3 is 2.44 bits per heavy atom. The molecule has 0 atom stereocenters. The lowest BCUT2D eigenvalue weighted by atomic mass is 10.0. The number of carbonyl (C=O) groups excluding carboxylic acids is 3. The van der Waals surface area contributed by atoms with Gasteiger partial charge < -0.3 is 14.8 Å². The fourth-order valence-electron chi connectivity index (χ4n) is 3.10. The minimum absolute atomic E-state index is 0.225. The van der Waals surface area contributed by atoms with E-state index in [1.54, 1.807) is 30.3 Å². The maximum atomic E-state index is 12.8. The van der Waals surface area contributed by atoms with Gasteiger partial charge in [-0.05, 0) is 75.1 Å². The van der Waals surface area contributed by atoms with Crippen molar-refractivity contribution in [3.05, 3.63) is 56.9 Å². The molecular weight excluding hydrogens is 496 g/mol. The Morgan fingerprint density at radius 1 is 1.16 bits per heavy atom. The second kappa shape index (κ2) is 10.2. The van der Waals surface area contributed by atoms with Crippen LogP contribution in [0, 0.1) is 0 Å². The van der Waals surface area contributed by atoms with E-state index in [4.69, 9.17) is 9.47 Å². The monoisotopic (exact) mass is 518 g/mol. The van der Waals surface area contributed by atoms with Gasteiger partial charge in [0, 0.05) is 5.69 Å². The molecule has 3 rings (SSSR count). The molecule has 1 saturated heterocycles. The minimum Gasteiger partial charge on any atom is -0.493 e. The van der Waals surface area contributed by atoms with Crippen LogP contribution in [0.1, 0.15) is 30.9 Å². The van der Waals surface area contributed by atoms with E-state index in [9.17, 15) is 14.4 Å². The number of ether oxygens (including phenoxy) is 2. The number of methoxy groups -OCH3 is 2. The molecule has 0 unspecified atom stereocenters. The molecule has 7 nitrogen and oxygen atoms in total. The third kappa shape index (κ3) is 5.34. The predicted octanol–water partition coefficient (Wildman–Crippen LogP) is 5.26. The van der Waals surface area contributed by atoms with Crippen LogP contribution in [-0.2, 0) is 9.59 Å². The van der Waals surface area contributed by atoms with Crippen molar-refractivity contribution >= 4 is 56.5 Å². The van der Waals surface area contributed by atoms with Gasteiger partial charge in [-0.1, -0.05) is 26.0 Å². The number of imide groups is 1. The van der Waals surface area contributed by atoms with Gasteiger partial charge in [0.15, 0.2) is 11.5 Å². The van der Waals surface area contributed by atoms with Crippen LogP contribution in [0.3, 0.4) is 0 Å². The molecule has 9 heteroatoms. The fraction of sp³-hybridized carbons (Fsp3) is 0.261. The Labute approximate surface area is 199 Å². The van der Waals surface area contributed by atoms with Crippen LogP contribution in [0.2, 0.25) is 0 Å². The molecular formula is C23H23BrN2O5S. The molecule has 32 heavy (non-hydrogen) atoms. The summed E-state index contributed by atoms with van der Waals surface area (Å²) in [6, 6.07) is 10.9. The first kappa shape index (κ1) is 23.9. The summed E-state index contributed by atoms with van der Waals surface area (Å²) in [7, 11) is 3.04. The summed E-state index contributed by atoms with van der Waals surface area (Å²) >= 11 is 4.20. The molecule has 1 aliphatic rings. The van der Waals surface area contributed by atoms with Crippen molar-refractivity contribution in [2.75, 3.05) is 26.1 Å². The van der Waals surface area contributed by atoms with Crippen LogP contribution in [-0.4, -0.2) is 42.7 Å². The number of thioether (sulfide) groups is 1. The smallest absolute Gasteiger partial charge is 0.294 e. The standard InChI is InChI=1S/C23H23BrN2O5S/c1-13(2)15-5-7-16(8-6-15)25-20(27)12-26-22(28)19(32-23(26)29)11-14-9-17(24)21(31-4)18(10-14)30-3/h5-11,13H,12H2,1-4H3,(H,25,27)/b19-11+. The number of nitrogens with one attached hydrogen (secondary N) is 1. The maximum Gasteiger partial charge on any atom is 0.294 e. The van der Waals surface area contributed by atoms with Gasteiger partial charge in [-0.2, -0.15) is 0 Å². The van der Waals surface area contributed by atoms with E-state index in [1.807, 2.05) is 12.1 Å². The van der Waals surface area contributed by atoms with Crippen LogP contribution in [0.25, 0.3) is 6.08 Å². The van der Waals surface area contributed by atoms with Gasteiger partial charge in [0.05, 0.1) is 23.6 Å². The summed E-state index contributed by atoms with van der Waals surface area (Å²) in [5.41, 5.74) is 2.41. The van der Waals surface area contributed by atoms with Gasteiger partial charge in [0.1, 0.15) is 6.54 Å². The highest BCUT2D eigenvalue weighted by Crippen LogP contribution is 2.38. The minimum atomic E-state index is -0.517. The number of hydrogen-bond acceptors (Lipinski definition) is 6. The molecule has 2 aromatic rings. The molecule has 0 bridgehead atoms. The third-order valence-electron chi connectivity index (χ3n) is 4.79. The second-order valence-electron chi connectivity index (χ2n) is 7.33. The molecule has 0 aliphatic carbocycles. The van der Waals surface area contributed by atoms with Crippen molar-refractivity contribution in [2.24, 2.45) is 0 Å². The number of rotatable bonds is 7. The molecule has 3 amide bonds. The van der Waals surface area contributed by atoms with E-state index in [0.717, 1.165) is 22.2 Å². The molecule has 168 valence electrons. The topological polar surface area (TPSA) is 84.9 Å². The number of carbonyl (C=O) groups is 3. The van der Waals surface area contributed by atoms with Crippen LogP contribution < -0.4 is 14.8 Å². The zero-order chi connectivity index (χ0) is 23.4. The molecule has 0 radical (unpaired) electrons.